The summed E-state index contributed by atoms with van der Waals surface area (Å²) in [4.78, 5) is 0. The third kappa shape index (κ3) is 4.41. The lowest BCUT2D eigenvalue weighted by Gasteiger charge is -2.07. The molecule has 0 unspecified atom stereocenters. The van der Waals surface area contributed by atoms with Crippen LogP contribution < -0.4 is 10.1 Å². The van der Waals surface area contributed by atoms with Crippen molar-refractivity contribution in [2.75, 3.05) is 18.9 Å². The monoisotopic (exact) mass is 243 g/mol. The quantitative estimate of drug-likeness (QED) is 0.567. The van der Waals surface area contributed by atoms with E-state index >= 15 is 0 Å². The number of rotatable bonds is 7. The lowest BCUT2D eigenvalue weighted by atomic mass is 10.2. The van der Waals surface area contributed by atoms with Gasteiger partial charge in [0.25, 0.3) is 0 Å². The number of benzene rings is 1. The van der Waals surface area contributed by atoms with E-state index in [1.54, 1.807) is 6.07 Å². The Hall–Kier alpha value is -0.740. The summed E-state index contributed by atoms with van der Waals surface area (Å²) < 4.78 is 18.6. The highest BCUT2D eigenvalue weighted by Crippen LogP contribution is 2.18. The molecule has 1 N–H and O–H groups in total. The van der Waals surface area contributed by atoms with Gasteiger partial charge in [-0.2, -0.15) is 12.6 Å². The summed E-state index contributed by atoms with van der Waals surface area (Å²) in [6, 6.07) is 5.06. The minimum absolute atomic E-state index is 0.296. The zero-order valence-electron chi connectivity index (χ0n) is 9.50. The van der Waals surface area contributed by atoms with Crippen LogP contribution in [-0.2, 0) is 6.54 Å². The van der Waals surface area contributed by atoms with Crippen LogP contribution in [0, 0.1) is 5.82 Å². The maximum absolute atomic E-state index is 13.4. The largest absolute Gasteiger partial charge is 0.491 e. The van der Waals surface area contributed by atoms with Crippen molar-refractivity contribution in [3.05, 3.63) is 29.6 Å². The normalized spacial score (nSPS) is 10.4. The summed E-state index contributed by atoms with van der Waals surface area (Å²) >= 11 is 4.12. The first-order valence-electron chi connectivity index (χ1n) is 5.50. The summed E-state index contributed by atoms with van der Waals surface area (Å²) in [5.41, 5.74) is 0.931. The van der Waals surface area contributed by atoms with E-state index in [2.05, 4.69) is 17.9 Å². The third-order valence-electron chi connectivity index (χ3n) is 2.14. The van der Waals surface area contributed by atoms with Crippen LogP contribution in [0.1, 0.15) is 18.9 Å². The summed E-state index contributed by atoms with van der Waals surface area (Å²) in [6.07, 6.45) is 1.02. The van der Waals surface area contributed by atoms with Crippen LogP contribution >= 0.6 is 12.6 Å². The summed E-state index contributed by atoms with van der Waals surface area (Å²) in [5, 5.41) is 3.22. The Morgan fingerprint density at radius 2 is 2.25 bits per heavy atom. The molecule has 0 bridgehead atoms. The van der Waals surface area contributed by atoms with Gasteiger partial charge in [-0.05, 0) is 43.3 Å². The van der Waals surface area contributed by atoms with Crippen molar-refractivity contribution in [1.82, 2.24) is 5.32 Å². The standard InChI is InChI=1S/C12H18FNOS/c1-2-15-12-5-4-10(8-11(12)13)9-14-6-3-7-16/h4-5,8,14,16H,2-3,6-7,9H2,1H3. The SMILES string of the molecule is CCOc1ccc(CNCCCS)cc1F. The van der Waals surface area contributed by atoms with Crippen LogP contribution in [0.5, 0.6) is 5.75 Å². The third-order valence-corrected chi connectivity index (χ3v) is 2.45. The molecule has 0 aliphatic heterocycles. The number of nitrogens with one attached hydrogen (secondary N) is 1. The summed E-state index contributed by atoms with van der Waals surface area (Å²) in [7, 11) is 0. The predicted molar refractivity (Wildman–Crippen MR) is 67.7 cm³/mol. The topological polar surface area (TPSA) is 21.3 Å². The number of ether oxygens (including phenoxy) is 1. The second kappa shape index (κ2) is 7.52. The van der Waals surface area contributed by atoms with E-state index in [1.165, 1.54) is 6.07 Å². The van der Waals surface area contributed by atoms with Gasteiger partial charge in [-0.25, -0.2) is 4.39 Å². The predicted octanol–water partition coefficient (Wildman–Crippen LogP) is 2.63. The van der Waals surface area contributed by atoms with Gasteiger partial charge in [0.1, 0.15) is 0 Å². The van der Waals surface area contributed by atoms with E-state index in [0.717, 1.165) is 24.3 Å². The highest BCUT2D eigenvalue weighted by molar-refractivity contribution is 7.80. The minimum atomic E-state index is -0.296. The molecular formula is C12H18FNOS. The Kier molecular flexibility index (Phi) is 6.26. The fourth-order valence-electron chi connectivity index (χ4n) is 1.36. The second-order valence-electron chi connectivity index (χ2n) is 3.45. The summed E-state index contributed by atoms with van der Waals surface area (Å²) in [5.74, 6) is 0.891. The molecule has 0 radical (unpaired) electrons. The molecule has 0 saturated carbocycles. The van der Waals surface area contributed by atoms with Crippen molar-refractivity contribution in [2.45, 2.75) is 19.9 Å². The van der Waals surface area contributed by atoms with Crippen LogP contribution in [0.4, 0.5) is 4.39 Å². The number of halogens is 1. The van der Waals surface area contributed by atoms with Crippen molar-refractivity contribution < 1.29 is 9.13 Å². The Morgan fingerprint density at radius 3 is 2.88 bits per heavy atom. The van der Waals surface area contributed by atoms with Gasteiger partial charge in [-0.1, -0.05) is 6.07 Å². The molecule has 0 aliphatic carbocycles. The van der Waals surface area contributed by atoms with E-state index in [4.69, 9.17) is 4.74 Å². The maximum Gasteiger partial charge on any atom is 0.165 e. The molecule has 0 atom stereocenters. The smallest absolute Gasteiger partial charge is 0.165 e. The van der Waals surface area contributed by atoms with E-state index in [9.17, 15) is 4.39 Å². The molecule has 0 spiro atoms. The molecule has 4 heteroatoms. The van der Waals surface area contributed by atoms with Gasteiger partial charge in [0, 0.05) is 6.54 Å². The number of hydrogen-bond donors (Lipinski definition) is 2. The van der Waals surface area contributed by atoms with Gasteiger partial charge < -0.3 is 10.1 Å². The van der Waals surface area contributed by atoms with Gasteiger partial charge in [0.05, 0.1) is 6.61 Å². The Morgan fingerprint density at radius 1 is 1.44 bits per heavy atom. The van der Waals surface area contributed by atoms with E-state index in [0.29, 0.717) is 18.9 Å². The average molecular weight is 243 g/mol. The first kappa shape index (κ1) is 13.3. The molecule has 0 fully saturated rings. The fraction of sp³-hybridized carbons (Fsp3) is 0.500. The van der Waals surface area contributed by atoms with Crippen molar-refractivity contribution in [3.8, 4) is 5.75 Å². The molecule has 0 heterocycles. The van der Waals surface area contributed by atoms with Gasteiger partial charge in [-0.15, -0.1) is 0 Å². The van der Waals surface area contributed by atoms with Crippen LogP contribution in [0.2, 0.25) is 0 Å². The van der Waals surface area contributed by atoms with Crippen molar-refractivity contribution in [1.29, 1.82) is 0 Å². The van der Waals surface area contributed by atoms with Gasteiger partial charge in [0.15, 0.2) is 11.6 Å². The van der Waals surface area contributed by atoms with Crippen LogP contribution in [0.15, 0.2) is 18.2 Å². The Labute approximate surface area is 102 Å². The molecule has 0 aromatic heterocycles. The molecule has 1 rings (SSSR count). The fourth-order valence-corrected chi connectivity index (χ4v) is 1.52. The zero-order valence-corrected chi connectivity index (χ0v) is 10.4. The molecule has 0 aliphatic rings. The second-order valence-corrected chi connectivity index (χ2v) is 3.90. The lowest BCUT2D eigenvalue weighted by Crippen LogP contribution is -2.15. The molecule has 16 heavy (non-hydrogen) atoms. The van der Waals surface area contributed by atoms with Crippen molar-refractivity contribution >= 4 is 12.6 Å². The molecule has 2 nitrogen and oxygen atoms in total. The van der Waals surface area contributed by atoms with Gasteiger partial charge >= 0.3 is 0 Å². The van der Waals surface area contributed by atoms with Gasteiger partial charge in [-0.3, -0.25) is 0 Å². The molecule has 1 aromatic carbocycles. The Bertz CT molecular complexity index is 320. The van der Waals surface area contributed by atoms with E-state index < -0.39 is 0 Å². The highest BCUT2D eigenvalue weighted by atomic mass is 32.1. The first-order chi connectivity index (χ1) is 7.77. The molecule has 0 saturated heterocycles. The first-order valence-corrected chi connectivity index (χ1v) is 6.14. The van der Waals surface area contributed by atoms with Crippen LogP contribution in [-0.4, -0.2) is 18.9 Å². The maximum atomic E-state index is 13.4. The molecule has 0 amide bonds. The number of hydrogen-bond acceptors (Lipinski definition) is 3. The number of thiol groups is 1. The highest BCUT2D eigenvalue weighted by Gasteiger charge is 2.03. The van der Waals surface area contributed by atoms with E-state index in [1.807, 2.05) is 13.0 Å². The lowest BCUT2D eigenvalue weighted by molar-refractivity contribution is 0.321. The average Bonchev–Trinajstić information content (AvgIpc) is 2.28. The van der Waals surface area contributed by atoms with Crippen LogP contribution in [0.25, 0.3) is 0 Å². The molecule has 1 aromatic rings. The van der Waals surface area contributed by atoms with Crippen molar-refractivity contribution in [3.63, 3.8) is 0 Å². The summed E-state index contributed by atoms with van der Waals surface area (Å²) in [6.45, 7) is 3.90. The van der Waals surface area contributed by atoms with E-state index in [-0.39, 0.29) is 5.82 Å². The minimum Gasteiger partial charge on any atom is -0.491 e. The van der Waals surface area contributed by atoms with Crippen LogP contribution in [0.3, 0.4) is 0 Å². The molecular weight excluding hydrogens is 225 g/mol. The van der Waals surface area contributed by atoms with Gasteiger partial charge in [0.2, 0.25) is 0 Å². The Balaban J connectivity index is 2.46. The van der Waals surface area contributed by atoms with Crippen molar-refractivity contribution in [2.24, 2.45) is 0 Å². The zero-order chi connectivity index (χ0) is 11.8. The molecule has 90 valence electrons.